The molecule has 0 radical (unpaired) electrons. The van der Waals surface area contributed by atoms with Gasteiger partial charge in [0.15, 0.2) is 0 Å². The van der Waals surface area contributed by atoms with Gasteiger partial charge >= 0.3 is 0 Å². The fraction of sp³-hybridized carbons (Fsp3) is 0.786. The molecule has 3 nitrogen and oxygen atoms in total. The summed E-state index contributed by atoms with van der Waals surface area (Å²) in [5.41, 5.74) is 0.304. The van der Waals surface area contributed by atoms with Crippen molar-refractivity contribution in [3.8, 4) is 0 Å². The molecule has 5 heteroatoms. The zero-order chi connectivity index (χ0) is 13.9. The fourth-order valence-electron chi connectivity index (χ4n) is 3.13. The zero-order valence-corrected chi connectivity index (χ0v) is 13.7. The lowest BCUT2D eigenvalue weighted by Crippen LogP contribution is -2.54. The third-order valence-electron chi connectivity index (χ3n) is 4.27. The van der Waals surface area contributed by atoms with Crippen LogP contribution < -0.4 is 5.32 Å². The second-order valence-corrected chi connectivity index (χ2v) is 7.73. The van der Waals surface area contributed by atoms with Crippen LogP contribution in [0.1, 0.15) is 37.6 Å². The summed E-state index contributed by atoms with van der Waals surface area (Å²) in [5, 5.41) is 4.65. The number of likely N-dealkylation sites (N-methyl/N-ethyl adjacent to an activating group) is 1. The second kappa shape index (κ2) is 6.53. The topological polar surface area (TPSA) is 28.2 Å². The average Bonchev–Trinajstić information content (AvgIpc) is 2.75. The van der Waals surface area contributed by atoms with E-state index in [2.05, 4.69) is 36.2 Å². The number of halogens is 1. The molecule has 1 fully saturated rings. The molecule has 1 N–H and O–H groups in total. The van der Waals surface area contributed by atoms with Crippen LogP contribution in [0.5, 0.6) is 0 Å². The first-order valence-corrected chi connectivity index (χ1v) is 8.20. The Kier molecular flexibility index (Phi) is 5.23. The summed E-state index contributed by atoms with van der Waals surface area (Å²) in [5.74, 6) is 0.826. The lowest BCUT2D eigenvalue weighted by Gasteiger charge is -2.45. The van der Waals surface area contributed by atoms with Crippen molar-refractivity contribution in [2.75, 3.05) is 20.6 Å². The van der Waals surface area contributed by atoms with Gasteiger partial charge in [-0.1, -0.05) is 31.4 Å². The maximum Gasteiger partial charge on any atom is 0.113 e. The van der Waals surface area contributed by atoms with Crippen molar-refractivity contribution >= 4 is 22.9 Å². The van der Waals surface area contributed by atoms with E-state index in [1.807, 2.05) is 0 Å². The third-order valence-corrected chi connectivity index (χ3v) is 5.39. The fourth-order valence-corrected chi connectivity index (χ4v) is 4.06. The van der Waals surface area contributed by atoms with Gasteiger partial charge in [0, 0.05) is 18.6 Å². The van der Waals surface area contributed by atoms with E-state index in [-0.39, 0.29) is 0 Å². The molecule has 19 heavy (non-hydrogen) atoms. The lowest BCUT2D eigenvalue weighted by molar-refractivity contribution is 0.0749. The molecular formula is C14H24ClN3S. The Labute approximate surface area is 125 Å². The number of nitrogens with zero attached hydrogens (tertiary/aromatic N) is 2. The summed E-state index contributed by atoms with van der Waals surface area (Å²) < 4.78 is 0.769. The van der Waals surface area contributed by atoms with Crippen molar-refractivity contribution in [3.05, 3.63) is 15.5 Å². The van der Waals surface area contributed by atoms with Gasteiger partial charge in [-0.15, -0.1) is 11.3 Å². The highest BCUT2D eigenvalue weighted by molar-refractivity contribution is 7.15. The number of aromatic nitrogens is 1. The molecule has 0 spiro atoms. The number of hydrogen-bond acceptors (Lipinski definition) is 4. The molecule has 0 aromatic carbocycles. The Hall–Kier alpha value is -0.160. The number of thiazole rings is 1. The highest BCUT2D eigenvalue weighted by Crippen LogP contribution is 2.35. The zero-order valence-electron chi connectivity index (χ0n) is 12.1. The van der Waals surface area contributed by atoms with E-state index < -0.39 is 0 Å². The summed E-state index contributed by atoms with van der Waals surface area (Å²) in [7, 11) is 4.42. The lowest BCUT2D eigenvalue weighted by atomic mass is 9.75. The Morgan fingerprint density at radius 3 is 2.95 bits per heavy atom. The van der Waals surface area contributed by atoms with Crippen LogP contribution >= 0.6 is 22.9 Å². The van der Waals surface area contributed by atoms with Crippen LogP contribution in [0.2, 0.25) is 4.34 Å². The van der Waals surface area contributed by atoms with Crippen LogP contribution in [0, 0.1) is 5.92 Å². The average molecular weight is 302 g/mol. The van der Waals surface area contributed by atoms with Crippen LogP contribution in [-0.2, 0) is 6.54 Å². The van der Waals surface area contributed by atoms with E-state index in [1.54, 1.807) is 17.5 Å². The van der Waals surface area contributed by atoms with Crippen LogP contribution in [0.4, 0.5) is 0 Å². The standard InChI is InChI=1S/C14H24ClN3S/c1-11-5-4-6-14(7-11,18(2)3)10-16-9-13-17-8-12(15)19-13/h8,11,16H,4-7,9-10H2,1-3H3. The van der Waals surface area contributed by atoms with Gasteiger partial charge in [-0.25, -0.2) is 4.98 Å². The maximum atomic E-state index is 5.90. The molecule has 1 aliphatic carbocycles. The van der Waals surface area contributed by atoms with E-state index in [9.17, 15) is 0 Å². The number of hydrogen-bond donors (Lipinski definition) is 1. The van der Waals surface area contributed by atoms with Gasteiger partial charge in [-0.2, -0.15) is 0 Å². The van der Waals surface area contributed by atoms with Crippen molar-refractivity contribution in [1.82, 2.24) is 15.2 Å². The third kappa shape index (κ3) is 3.91. The van der Waals surface area contributed by atoms with E-state index >= 15 is 0 Å². The van der Waals surface area contributed by atoms with E-state index in [0.717, 1.165) is 28.4 Å². The summed E-state index contributed by atoms with van der Waals surface area (Å²) >= 11 is 7.47. The van der Waals surface area contributed by atoms with E-state index in [0.29, 0.717) is 5.54 Å². The van der Waals surface area contributed by atoms with E-state index in [4.69, 9.17) is 11.6 Å². The molecule has 0 amide bonds. The van der Waals surface area contributed by atoms with E-state index in [1.165, 1.54) is 25.7 Å². The molecule has 1 aliphatic rings. The van der Waals surface area contributed by atoms with Crippen LogP contribution in [0.15, 0.2) is 6.20 Å². The molecule has 1 aromatic heterocycles. The summed E-state index contributed by atoms with van der Waals surface area (Å²) in [6, 6.07) is 0. The highest BCUT2D eigenvalue weighted by atomic mass is 35.5. The van der Waals surface area contributed by atoms with Crippen molar-refractivity contribution in [3.63, 3.8) is 0 Å². The molecule has 0 bridgehead atoms. The molecule has 2 rings (SSSR count). The SMILES string of the molecule is CC1CCCC(CNCc2ncc(Cl)s2)(N(C)C)C1. The first-order chi connectivity index (χ1) is 9.02. The van der Waals surface area contributed by atoms with Gasteiger partial charge in [-0.05, 0) is 32.9 Å². The van der Waals surface area contributed by atoms with Gasteiger partial charge in [0.1, 0.15) is 9.34 Å². The largest absolute Gasteiger partial charge is 0.309 e. The smallest absolute Gasteiger partial charge is 0.113 e. The molecular weight excluding hydrogens is 278 g/mol. The van der Waals surface area contributed by atoms with Crippen LogP contribution in [0.3, 0.4) is 0 Å². The molecule has 1 saturated carbocycles. The molecule has 1 heterocycles. The molecule has 0 saturated heterocycles. The number of nitrogens with one attached hydrogen (secondary N) is 1. The molecule has 1 aromatic rings. The summed E-state index contributed by atoms with van der Waals surface area (Å²) in [6.07, 6.45) is 7.01. The Balaban J connectivity index is 1.90. The minimum atomic E-state index is 0.304. The van der Waals surface area contributed by atoms with Gasteiger partial charge in [0.25, 0.3) is 0 Å². The van der Waals surface area contributed by atoms with Gasteiger partial charge in [0.05, 0.1) is 6.20 Å². The van der Waals surface area contributed by atoms with Crippen molar-refractivity contribution in [1.29, 1.82) is 0 Å². The normalized spacial score (nSPS) is 27.9. The maximum absolute atomic E-state index is 5.90. The first-order valence-electron chi connectivity index (χ1n) is 7.00. The quantitative estimate of drug-likeness (QED) is 0.903. The summed E-state index contributed by atoms with van der Waals surface area (Å²) in [4.78, 5) is 6.70. The Bertz CT molecular complexity index is 407. The first kappa shape index (κ1) is 15.2. The molecule has 108 valence electrons. The summed E-state index contributed by atoms with van der Waals surface area (Å²) in [6.45, 7) is 4.22. The van der Waals surface area contributed by atoms with Gasteiger partial charge < -0.3 is 10.2 Å². The molecule has 2 unspecified atom stereocenters. The van der Waals surface area contributed by atoms with Crippen LogP contribution in [-0.4, -0.2) is 36.1 Å². The second-order valence-electron chi connectivity index (χ2n) is 5.98. The predicted octanol–water partition coefficient (Wildman–Crippen LogP) is 3.40. The van der Waals surface area contributed by atoms with Crippen molar-refractivity contribution in [2.45, 2.75) is 44.7 Å². The molecule has 2 atom stereocenters. The molecule has 0 aliphatic heterocycles. The minimum Gasteiger partial charge on any atom is -0.309 e. The van der Waals surface area contributed by atoms with Crippen molar-refractivity contribution < 1.29 is 0 Å². The Morgan fingerprint density at radius 1 is 1.58 bits per heavy atom. The number of rotatable bonds is 5. The van der Waals surface area contributed by atoms with Crippen molar-refractivity contribution in [2.24, 2.45) is 5.92 Å². The van der Waals surface area contributed by atoms with Crippen LogP contribution in [0.25, 0.3) is 0 Å². The van der Waals surface area contributed by atoms with Gasteiger partial charge in [-0.3, -0.25) is 0 Å². The Morgan fingerprint density at radius 2 is 2.37 bits per heavy atom. The predicted molar refractivity (Wildman–Crippen MR) is 82.9 cm³/mol. The monoisotopic (exact) mass is 301 g/mol. The highest BCUT2D eigenvalue weighted by Gasteiger charge is 2.36. The van der Waals surface area contributed by atoms with Gasteiger partial charge in [0.2, 0.25) is 0 Å². The minimum absolute atomic E-state index is 0.304.